The number of halogens is 2. The predicted octanol–water partition coefficient (Wildman–Crippen LogP) is 3.77. The first kappa shape index (κ1) is 21.0. The van der Waals surface area contributed by atoms with Crippen molar-refractivity contribution in [1.29, 1.82) is 0 Å². The molecule has 10 heteroatoms. The summed E-state index contributed by atoms with van der Waals surface area (Å²) in [6.45, 7) is 0.132. The Bertz CT molecular complexity index is 1260. The van der Waals surface area contributed by atoms with Crippen molar-refractivity contribution in [3.63, 3.8) is 0 Å². The maximum absolute atomic E-state index is 10.9. The third kappa shape index (κ3) is 4.46. The number of benzene rings is 2. The molecule has 8 nitrogen and oxygen atoms in total. The Morgan fingerprint density at radius 3 is 2.68 bits per heavy atom. The van der Waals surface area contributed by atoms with Crippen molar-refractivity contribution in [1.82, 2.24) is 19.7 Å². The standard InChI is InChI=1S/C21H17Cl2N5O3/c22-12-1-3-14(18(23)5-12)21-16(7-24)17(8-28-11-25-10-26-28)15-6-13(31-9-20(29)30)2-4-19(15)27-21/h1-6,10-11H,7-9,24H2,(H,29,30). The van der Waals surface area contributed by atoms with E-state index in [2.05, 4.69) is 10.1 Å². The molecule has 0 unspecified atom stereocenters. The van der Waals surface area contributed by atoms with Crippen LogP contribution in [0.4, 0.5) is 0 Å². The van der Waals surface area contributed by atoms with Crippen molar-refractivity contribution in [2.24, 2.45) is 5.73 Å². The van der Waals surface area contributed by atoms with Gasteiger partial charge in [0.1, 0.15) is 18.4 Å². The zero-order chi connectivity index (χ0) is 22.0. The summed E-state index contributed by atoms with van der Waals surface area (Å²) in [7, 11) is 0. The second-order valence-electron chi connectivity index (χ2n) is 6.70. The molecule has 0 atom stereocenters. The molecule has 0 bridgehead atoms. The van der Waals surface area contributed by atoms with E-state index in [0.717, 1.165) is 16.5 Å². The number of nitrogens with two attached hydrogens (primary N) is 1. The van der Waals surface area contributed by atoms with Gasteiger partial charge in [-0.2, -0.15) is 5.10 Å². The van der Waals surface area contributed by atoms with E-state index in [0.29, 0.717) is 39.1 Å². The Hall–Kier alpha value is -3.20. The van der Waals surface area contributed by atoms with Gasteiger partial charge in [-0.05, 0) is 47.5 Å². The van der Waals surface area contributed by atoms with Gasteiger partial charge < -0.3 is 15.6 Å². The van der Waals surface area contributed by atoms with Crippen LogP contribution in [0.5, 0.6) is 5.75 Å². The highest BCUT2D eigenvalue weighted by atomic mass is 35.5. The molecular weight excluding hydrogens is 441 g/mol. The molecule has 0 aliphatic heterocycles. The van der Waals surface area contributed by atoms with E-state index >= 15 is 0 Å². The molecule has 0 amide bonds. The van der Waals surface area contributed by atoms with Crippen LogP contribution in [-0.2, 0) is 17.9 Å². The summed E-state index contributed by atoms with van der Waals surface area (Å²) in [6, 6.07) is 10.4. The summed E-state index contributed by atoms with van der Waals surface area (Å²) in [6.07, 6.45) is 3.05. The minimum Gasteiger partial charge on any atom is -0.482 e. The van der Waals surface area contributed by atoms with Crippen LogP contribution in [0, 0.1) is 0 Å². The van der Waals surface area contributed by atoms with Gasteiger partial charge in [-0.25, -0.2) is 19.4 Å². The first-order chi connectivity index (χ1) is 15.0. The van der Waals surface area contributed by atoms with Gasteiger partial charge in [0.15, 0.2) is 6.61 Å². The third-order valence-electron chi connectivity index (χ3n) is 4.71. The lowest BCUT2D eigenvalue weighted by Gasteiger charge is -2.18. The van der Waals surface area contributed by atoms with Gasteiger partial charge in [0.2, 0.25) is 0 Å². The van der Waals surface area contributed by atoms with Crippen molar-refractivity contribution >= 4 is 40.1 Å². The van der Waals surface area contributed by atoms with Gasteiger partial charge in [0, 0.05) is 22.5 Å². The summed E-state index contributed by atoms with van der Waals surface area (Å²) in [5, 5.41) is 14.9. The van der Waals surface area contributed by atoms with Crippen LogP contribution in [0.1, 0.15) is 11.1 Å². The number of ether oxygens (including phenoxy) is 1. The minimum absolute atomic E-state index is 0.196. The molecule has 0 saturated carbocycles. The molecule has 158 valence electrons. The molecule has 0 aliphatic rings. The number of hydrogen-bond acceptors (Lipinski definition) is 6. The summed E-state index contributed by atoms with van der Waals surface area (Å²) >= 11 is 12.5. The first-order valence-electron chi connectivity index (χ1n) is 9.24. The van der Waals surface area contributed by atoms with Crippen molar-refractivity contribution in [3.8, 4) is 17.0 Å². The molecule has 2 heterocycles. The largest absolute Gasteiger partial charge is 0.482 e. The van der Waals surface area contributed by atoms with E-state index in [1.807, 2.05) is 6.07 Å². The number of rotatable bonds is 7. The van der Waals surface area contributed by atoms with Gasteiger partial charge in [-0.15, -0.1) is 0 Å². The fourth-order valence-electron chi connectivity index (χ4n) is 3.36. The highest BCUT2D eigenvalue weighted by Gasteiger charge is 2.19. The van der Waals surface area contributed by atoms with Gasteiger partial charge >= 0.3 is 5.97 Å². The van der Waals surface area contributed by atoms with Crippen LogP contribution in [0.2, 0.25) is 10.0 Å². The van der Waals surface area contributed by atoms with Crippen LogP contribution in [0.3, 0.4) is 0 Å². The van der Waals surface area contributed by atoms with E-state index < -0.39 is 12.6 Å². The Labute approximate surface area is 187 Å². The van der Waals surface area contributed by atoms with Gasteiger partial charge in [-0.3, -0.25) is 0 Å². The van der Waals surface area contributed by atoms with Gasteiger partial charge in [-0.1, -0.05) is 23.2 Å². The van der Waals surface area contributed by atoms with Crippen molar-refractivity contribution in [2.45, 2.75) is 13.1 Å². The molecular formula is C21H17Cl2N5O3. The average molecular weight is 458 g/mol. The fourth-order valence-corrected chi connectivity index (χ4v) is 3.86. The number of hydrogen-bond donors (Lipinski definition) is 2. The molecule has 4 aromatic rings. The van der Waals surface area contributed by atoms with Gasteiger partial charge in [0.25, 0.3) is 0 Å². The molecule has 3 N–H and O–H groups in total. The maximum atomic E-state index is 10.9. The Morgan fingerprint density at radius 1 is 1.16 bits per heavy atom. The maximum Gasteiger partial charge on any atom is 0.341 e. The molecule has 2 aromatic carbocycles. The third-order valence-corrected chi connectivity index (χ3v) is 5.26. The van der Waals surface area contributed by atoms with E-state index in [1.165, 1.54) is 6.33 Å². The van der Waals surface area contributed by atoms with Crippen LogP contribution in [0.15, 0.2) is 49.1 Å². The van der Waals surface area contributed by atoms with Crippen LogP contribution in [-0.4, -0.2) is 37.4 Å². The molecule has 0 aliphatic carbocycles. The number of carboxylic acid groups (broad SMARTS) is 1. The molecule has 31 heavy (non-hydrogen) atoms. The molecule has 0 saturated heterocycles. The molecule has 0 spiro atoms. The number of carbonyl (C=O) groups is 1. The number of aromatic nitrogens is 4. The lowest BCUT2D eigenvalue weighted by atomic mass is 9.96. The topological polar surface area (TPSA) is 116 Å². The number of nitrogens with zero attached hydrogens (tertiary/aromatic N) is 4. The number of fused-ring (bicyclic) bond motifs is 1. The normalized spacial score (nSPS) is 11.1. The molecule has 0 radical (unpaired) electrons. The number of aliphatic carboxylic acids is 1. The second kappa shape index (κ2) is 8.89. The molecule has 0 fully saturated rings. The highest BCUT2D eigenvalue weighted by molar-refractivity contribution is 6.36. The van der Waals surface area contributed by atoms with E-state index in [9.17, 15) is 4.79 Å². The van der Waals surface area contributed by atoms with Crippen molar-refractivity contribution in [3.05, 3.63) is 70.2 Å². The average Bonchev–Trinajstić information content (AvgIpc) is 3.25. The quantitative estimate of drug-likeness (QED) is 0.433. The molecule has 4 rings (SSSR count). The monoisotopic (exact) mass is 457 g/mol. The second-order valence-corrected chi connectivity index (χ2v) is 7.54. The van der Waals surface area contributed by atoms with Crippen molar-refractivity contribution < 1.29 is 14.6 Å². The van der Waals surface area contributed by atoms with Crippen LogP contribution < -0.4 is 10.5 Å². The first-order valence-corrected chi connectivity index (χ1v) is 10.00. The SMILES string of the molecule is NCc1c(-c2ccc(Cl)cc2Cl)nc2ccc(OCC(=O)O)cc2c1Cn1cncn1. The number of pyridine rings is 1. The van der Waals surface area contributed by atoms with Crippen molar-refractivity contribution in [2.75, 3.05) is 6.61 Å². The van der Waals surface area contributed by atoms with Crippen LogP contribution in [0.25, 0.3) is 22.2 Å². The summed E-state index contributed by atoms with van der Waals surface area (Å²) in [4.78, 5) is 19.7. The Balaban J connectivity index is 1.95. The highest BCUT2D eigenvalue weighted by Crippen LogP contribution is 2.36. The number of carboxylic acids is 1. The predicted molar refractivity (Wildman–Crippen MR) is 117 cm³/mol. The van der Waals surface area contributed by atoms with E-state index in [-0.39, 0.29) is 6.54 Å². The zero-order valence-electron chi connectivity index (χ0n) is 16.1. The lowest BCUT2D eigenvalue weighted by Crippen LogP contribution is -2.12. The Morgan fingerprint density at radius 2 is 2.00 bits per heavy atom. The lowest BCUT2D eigenvalue weighted by molar-refractivity contribution is -0.139. The summed E-state index contributed by atoms with van der Waals surface area (Å²) < 4.78 is 7.03. The van der Waals surface area contributed by atoms with Gasteiger partial charge in [0.05, 0.1) is 22.8 Å². The molecule has 2 aromatic heterocycles. The Kier molecular flexibility index (Phi) is 6.03. The van der Waals surface area contributed by atoms with Crippen LogP contribution >= 0.6 is 23.2 Å². The summed E-state index contributed by atoms with van der Waals surface area (Å²) in [5.74, 6) is -0.645. The minimum atomic E-state index is -1.06. The van der Waals surface area contributed by atoms with E-state index in [1.54, 1.807) is 41.3 Å². The smallest absolute Gasteiger partial charge is 0.341 e. The zero-order valence-corrected chi connectivity index (χ0v) is 17.6. The van der Waals surface area contributed by atoms with E-state index in [4.69, 9.17) is 43.8 Å². The fraction of sp³-hybridized carbons (Fsp3) is 0.143. The summed E-state index contributed by atoms with van der Waals surface area (Å²) in [5.41, 5.74) is 9.83.